The SMILES string of the molecule is C[C@@]1(c2cnn(C(F)F)c2)C[C@@H](C(=O)Nc2cnc(-c3ncccn3)c(C(F)(F)F)c2)c2cnc3cc(F)nn3c21. The zero-order valence-corrected chi connectivity index (χ0v) is 20.8. The van der Waals surface area contributed by atoms with E-state index in [2.05, 4.69) is 35.5 Å². The van der Waals surface area contributed by atoms with Gasteiger partial charge < -0.3 is 5.32 Å². The fraction of sp³-hybridized carbons (Fsp3) is 0.240. The van der Waals surface area contributed by atoms with Gasteiger partial charge in [-0.05, 0) is 25.5 Å². The summed E-state index contributed by atoms with van der Waals surface area (Å²) < 4.78 is 84.2. The van der Waals surface area contributed by atoms with E-state index in [4.69, 9.17) is 0 Å². The van der Waals surface area contributed by atoms with Crippen molar-refractivity contribution >= 4 is 17.2 Å². The smallest absolute Gasteiger partial charge is 0.324 e. The van der Waals surface area contributed by atoms with Crippen LogP contribution in [-0.4, -0.2) is 45.2 Å². The number of carbonyl (C=O) groups excluding carboxylic acids is 1. The summed E-state index contributed by atoms with van der Waals surface area (Å²) in [6, 6.07) is 3.24. The molecule has 0 aromatic carbocycles. The molecule has 0 saturated carbocycles. The van der Waals surface area contributed by atoms with Gasteiger partial charge in [-0.25, -0.2) is 24.1 Å². The quantitative estimate of drug-likeness (QED) is 0.302. The number of rotatable bonds is 5. The van der Waals surface area contributed by atoms with E-state index in [1.807, 2.05) is 0 Å². The molecule has 0 unspecified atom stereocenters. The van der Waals surface area contributed by atoms with Crippen molar-refractivity contribution in [3.63, 3.8) is 0 Å². The molecule has 1 aliphatic rings. The summed E-state index contributed by atoms with van der Waals surface area (Å²) in [7, 11) is 0. The van der Waals surface area contributed by atoms with E-state index in [1.165, 1.54) is 35.4 Å². The topological polar surface area (TPSA) is 116 Å². The molecule has 5 aromatic heterocycles. The molecule has 41 heavy (non-hydrogen) atoms. The maximum Gasteiger partial charge on any atom is 0.418 e. The molecular formula is C25H17F6N9O. The third-order valence-corrected chi connectivity index (χ3v) is 6.99. The number of anilines is 1. The van der Waals surface area contributed by atoms with Crippen molar-refractivity contribution in [3.05, 3.63) is 83.7 Å². The average Bonchev–Trinajstić information content (AvgIpc) is 3.64. The van der Waals surface area contributed by atoms with Gasteiger partial charge in [0.2, 0.25) is 11.9 Å². The molecule has 10 nitrogen and oxygen atoms in total. The van der Waals surface area contributed by atoms with Gasteiger partial charge in [-0.15, -0.1) is 5.10 Å². The first-order chi connectivity index (χ1) is 19.5. The summed E-state index contributed by atoms with van der Waals surface area (Å²) in [5.74, 6) is -2.84. The van der Waals surface area contributed by atoms with Crippen LogP contribution in [0.15, 0.2) is 55.4 Å². The highest BCUT2D eigenvalue weighted by atomic mass is 19.4. The Hall–Kier alpha value is -4.89. The van der Waals surface area contributed by atoms with Crippen LogP contribution < -0.4 is 5.32 Å². The minimum Gasteiger partial charge on any atom is -0.324 e. The molecule has 0 bridgehead atoms. The zero-order valence-electron chi connectivity index (χ0n) is 20.8. The number of aromatic nitrogens is 8. The van der Waals surface area contributed by atoms with Crippen LogP contribution in [-0.2, 0) is 16.4 Å². The normalized spacial score (nSPS) is 18.7. The second-order valence-corrected chi connectivity index (χ2v) is 9.55. The molecule has 0 spiro atoms. The van der Waals surface area contributed by atoms with Crippen LogP contribution in [0.2, 0.25) is 0 Å². The van der Waals surface area contributed by atoms with Crippen LogP contribution >= 0.6 is 0 Å². The lowest BCUT2D eigenvalue weighted by Crippen LogP contribution is -2.25. The lowest BCUT2D eigenvalue weighted by Gasteiger charge is -2.24. The Labute approximate surface area is 226 Å². The second kappa shape index (κ2) is 9.35. The highest BCUT2D eigenvalue weighted by Gasteiger charge is 2.48. The fourth-order valence-electron chi connectivity index (χ4n) is 5.14. The van der Waals surface area contributed by atoms with E-state index < -0.39 is 47.2 Å². The summed E-state index contributed by atoms with van der Waals surface area (Å²) >= 11 is 0. The molecule has 2 atom stereocenters. The van der Waals surface area contributed by atoms with Crippen molar-refractivity contribution in [2.45, 2.75) is 37.4 Å². The Balaban J connectivity index is 1.40. The van der Waals surface area contributed by atoms with E-state index >= 15 is 0 Å². The Morgan fingerprint density at radius 3 is 2.54 bits per heavy atom. The third-order valence-electron chi connectivity index (χ3n) is 6.99. The van der Waals surface area contributed by atoms with Crippen LogP contribution in [0.4, 0.5) is 32.0 Å². The molecule has 0 radical (unpaired) electrons. The molecule has 0 saturated heterocycles. The Morgan fingerprint density at radius 1 is 1.10 bits per heavy atom. The standard InChI is InChI=1S/C25H17F6N9O/c1-24(12-8-36-39(11-12)23(27)28)7-14(15-10-34-18-6-17(26)38-40(18)20(15)24)22(41)37-13-5-16(25(29,30)31)19(35-9-13)21-32-3-2-4-33-21/h2-6,8-11,14,23H,7H2,1H3,(H,37,41)/t14-,24+/m1/s1. The number of nitrogens with zero attached hydrogens (tertiary/aromatic N) is 8. The van der Waals surface area contributed by atoms with Crippen molar-refractivity contribution in [3.8, 4) is 11.5 Å². The first kappa shape index (κ1) is 26.3. The average molecular weight is 573 g/mol. The van der Waals surface area contributed by atoms with E-state index in [9.17, 15) is 31.1 Å². The minimum absolute atomic E-state index is 0.0269. The zero-order chi connectivity index (χ0) is 29.1. The molecule has 0 fully saturated rings. The van der Waals surface area contributed by atoms with Crippen molar-refractivity contribution in [1.82, 2.24) is 39.3 Å². The number of hydrogen-bond acceptors (Lipinski definition) is 7. The van der Waals surface area contributed by atoms with Gasteiger partial charge in [0.15, 0.2) is 11.5 Å². The molecule has 16 heteroatoms. The summed E-state index contributed by atoms with van der Waals surface area (Å²) in [6.45, 7) is -1.27. The lowest BCUT2D eigenvalue weighted by atomic mass is 9.80. The number of pyridine rings is 1. The highest BCUT2D eigenvalue weighted by molar-refractivity contribution is 5.97. The maximum absolute atomic E-state index is 14.1. The van der Waals surface area contributed by atoms with Crippen LogP contribution in [0, 0.1) is 5.95 Å². The molecular weight excluding hydrogens is 556 g/mol. The second-order valence-electron chi connectivity index (χ2n) is 9.55. The van der Waals surface area contributed by atoms with Crippen LogP contribution in [0.3, 0.4) is 0 Å². The molecule has 1 amide bonds. The maximum atomic E-state index is 14.1. The van der Waals surface area contributed by atoms with Gasteiger partial charge in [-0.3, -0.25) is 9.78 Å². The van der Waals surface area contributed by atoms with Crippen molar-refractivity contribution in [1.29, 1.82) is 0 Å². The van der Waals surface area contributed by atoms with Gasteiger partial charge in [0.25, 0.3) is 0 Å². The largest absolute Gasteiger partial charge is 0.418 e. The first-order valence-electron chi connectivity index (χ1n) is 12.0. The molecule has 5 aromatic rings. The van der Waals surface area contributed by atoms with E-state index in [0.717, 1.165) is 24.5 Å². The Bertz CT molecular complexity index is 1790. The minimum atomic E-state index is -4.84. The lowest BCUT2D eigenvalue weighted by molar-refractivity contribution is -0.137. The van der Waals surface area contributed by atoms with Crippen molar-refractivity contribution in [2.24, 2.45) is 0 Å². The predicted molar refractivity (Wildman–Crippen MR) is 129 cm³/mol. The molecule has 1 aliphatic carbocycles. The first-order valence-corrected chi connectivity index (χ1v) is 12.0. The fourth-order valence-corrected chi connectivity index (χ4v) is 5.14. The monoisotopic (exact) mass is 573 g/mol. The van der Waals surface area contributed by atoms with E-state index in [-0.39, 0.29) is 23.6 Å². The van der Waals surface area contributed by atoms with Gasteiger partial charge in [0.05, 0.1) is 35.3 Å². The molecule has 0 aliphatic heterocycles. The van der Waals surface area contributed by atoms with E-state index in [1.54, 1.807) is 6.92 Å². The van der Waals surface area contributed by atoms with Gasteiger partial charge in [-0.1, -0.05) is 0 Å². The Morgan fingerprint density at radius 2 is 1.85 bits per heavy atom. The number of nitrogens with one attached hydrogen (secondary N) is 1. The van der Waals surface area contributed by atoms with Crippen molar-refractivity contribution < 1.29 is 31.1 Å². The van der Waals surface area contributed by atoms with Crippen LogP contribution in [0.25, 0.3) is 17.2 Å². The van der Waals surface area contributed by atoms with Crippen molar-refractivity contribution in [2.75, 3.05) is 5.32 Å². The van der Waals surface area contributed by atoms with Gasteiger partial charge in [-0.2, -0.15) is 31.4 Å². The van der Waals surface area contributed by atoms with E-state index in [0.29, 0.717) is 21.5 Å². The van der Waals surface area contributed by atoms with Crippen LogP contribution in [0.1, 0.15) is 48.2 Å². The van der Waals surface area contributed by atoms with Crippen LogP contribution in [0.5, 0.6) is 0 Å². The number of carbonyl (C=O) groups is 1. The molecule has 5 heterocycles. The Kier molecular flexibility index (Phi) is 6.00. The molecule has 1 N–H and O–H groups in total. The summed E-state index contributed by atoms with van der Waals surface area (Å²) in [5.41, 5.74) is -2.07. The summed E-state index contributed by atoms with van der Waals surface area (Å²) in [6.07, 6.45) is 2.40. The number of alkyl halides is 5. The number of halogens is 6. The third kappa shape index (κ3) is 4.44. The summed E-state index contributed by atoms with van der Waals surface area (Å²) in [4.78, 5) is 29.2. The number of fused-ring (bicyclic) bond motifs is 3. The number of amides is 1. The number of hydrogen-bond donors (Lipinski definition) is 1. The van der Waals surface area contributed by atoms with Gasteiger partial charge in [0, 0.05) is 47.4 Å². The molecule has 210 valence electrons. The predicted octanol–water partition coefficient (Wildman–Crippen LogP) is 4.76. The highest BCUT2D eigenvalue weighted by Crippen LogP contribution is 2.50. The van der Waals surface area contributed by atoms with Gasteiger partial charge >= 0.3 is 12.7 Å². The molecule has 6 rings (SSSR count). The summed E-state index contributed by atoms with van der Waals surface area (Å²) in [5, 5.41) is 9.99. The van der Waals surface area contributed by atoms with Gasteiger partial charge in [0.1, 0.15) is 5.69 Å².